The maximum atomic E-state index is 12.7. The molecule has 0 bridgehead atoms. The highest BCUT2D eigenvalue weighted by atomic mass is 79.9. The molecule has 3 rings (SSSR count). The molecular weight excluding hydrogens is 530 g/mol. The molecule has 7 nitrogen and oxygen atoms in total. The number of nitrogens with one attached hydrogen (secondary N) is 3. The molecule has 0 heterocycles. The van der Waals surface area contributed by atoms with E-state index in [1.54, 1.807) is 49.6 Å². The molecular formula is C26H26BrN3O4S. The Labute approximate surface area is 218 Å². The zero-order chi connectivity index (χ0) is 25.2. The molecule has 0 saturated carbocycles. The van der Waals surface area contributed by atoms with Gasteiger partial charge in [0.2, 0.25) is 0 Å². The molecule has 0 aliphatic heterocycles. The van der Waals surface area contributed by atoms with Gasteiger partial charge in [-0.1, -0.05) is 36.4 Å². The molecule has 0 spiro atoms. The number of carbonyl (C=O) groups is 2. The van der Waals surface area contributed by atoms with Crippen molar-refractivity contribution in [1.29, 1.82) is 0 Å². The standard InChI is InChI=1S/C26H26BrN3O4S/c1-17(18-7-4-3-5-8-18)28-24(31)19-9-6-10-21(15-19)29-26(35)30-25(32)20-11-12-23(22(27)16-20)34-14-13-33-2/h3-12,15-17H,13-14H2,1-2H3,(H,28,31)(H2,29,30,32,35). The van der Waals surface area contributed by atoms with Gasteiger partial charge in [-0.05, 0) is 77.0 Å². The van der Waals surface area contributed by atoms with E-state index in [0.717, 1.165) is 5.56 Å². The van der Waals surface area contributed by atoms with Crippen LogP contribution < -0.4 is 20.7 Å². The first-order valence-electron chi connectivity index (χ1n) is 10.9. The topological polar surface area (TPSA) is 88.7 Å². The van der Waals surface area contributed by atoms with Gasteiger partial charge < -0.3 is 20.1 Å². The third-order valence-electron chi connectivity index (χ3n) is 5.00. The van der Waals surface area contributed by atoms with E-state index < -0.39 is 0 Å². The summed E-state index contributed by atoms with van der Waals surface area (Å²) in [5.41, 5.74) is 2.47. The molecule has 0 radical (unpaired) electrons. The molecule has 1 unspecified atom stereocenters. The van der Waals surface area contributed by atoms with Crippen molar-refractivity contribution in [1.82, 2.24) is 10.6 Å². The molecule has 3 aromatic carbocycles. The predicted octanol–water partition coefficient (Wildman–Crippen LogP) is 5.09. The number of methoxy groups -OCH3 is 1. The highest BCUT2D eigenvalue weighted by Crippen LogP contribution is 2.26. The Bertz CT molecular complexity index is 1190. The molecule has 0 aromatic heterocycles. The molecule has 0 fully saturated rings. The molecule has 3 aromatic rings. The average Bonchev–Trinajstić information content (AvgIpc) is 2.85. The number of amides is 2. The number of hydrogen-bond donors (Lipinski definition) is 3. The van der Waals surface area contributed by atoms with Crippen LogP contribution in [0, 0.1) is 0 Å². The Hall–Kier alpha value is -3.27. The fourth-order valence-corrected chi connectivity index (χ4v) is 3.88. The van der Waals surface area contributed by atoms with Gasteiger partial charge in [0.15, 0.2) is 5.11 Å². The van der Waals surface area contributed by atoms with Crippen molar-refractivity contribution in [2.24, 2.45) is 0 Å². The lowest BCUT2D eigenvalue weighted by molar-refractivity contribution is 0.0938. The first kappa shape index (κ1) is 26.3. The van der Waals surface area contributed by atoms with Gasteiger partial charge in [0.25, 0.3) is 11.8 Å². The zero-order valence-corrected chi connectivity index (χ0v) is 21.7. The Balaban J connectivity index is 1.57. The van der Waals surface area contributed by atoms with Gasteiger partial charge in [-0.15, -0.1) is 0 Å². The number of rotatable bonds is 9. The number of hydrogen-bond acceptors (Lipinski definition) is 5. The van der Waals surface area contributed by atoms with Crippen LogP contribution in [-0.4, -0.2) is 37.3 Å². The SMILES string of the molecule is COCCOc1ccc(C(=O)NC(=S)Nc2cccc(C(=O)NC(C)c3ccccc3)c2)cc1Br. The summed E-state index contributed by atoms with van der Waals surface area (Å²) in [5.74, 6) is 0.0193. The van der Waals surface area contributed by atoms with E-state index in [1.165, 1.54) is 0 Å². The quantitative estimate of drug-likeness (QED) is 0.251. The van der Waals surface area contributed by atoms with Crippen molar-refractivity contribution < 1.29 is 19.1 Å². The van der Waals surface area contributed by atoms with Gasteiger partial charge in [-0.25, -0.2) is 0 Å². The molecule has 0 aliphatic rings. The van der Waals surface area contributed by atoms with E-state index in [9.17, 15) is 9.59 Å². The van der Waals surface area contributed by atoms with Crippen LogP contribution in [0.1, 0.15) is 39.2 Å². The van der Waals surface area contributed by atoms with Crippen molar-refractivity contribution in [2.45, 2.75) is 13.0 Å². The van der Waals surface area contributed by atoms with Crippen LogP contribution >= 0.6 is 28.1 Å². The fraction of sp³-hybridized carbons (Fsp3) is 0.192. The highest BCUT2D eigenvalue weighted by Gasteiger charge is 2.14. The number of anilines is 1. The summed E-state index contributed by atoms with van der Waals surface area (Å²) < 4.78 is 11.2. The molecule has 1 atom stereocenters. The molecule has 35 heavy (non-hydrogen) atoms. The van der Waals surface area contributed by atoms with Crippen molar-refractivity contribution >= 4 is 50.8 Å². The minimum Gasteiger partial charge on any atom is -0.490 e. The van der Waals surface area contributed by atoms with E-state index in [0.29, 0.717) is 40.3 Å². The van der Waals surface area contributed by atoms with E-state index in [-0.39, 0.29) is 23.0 Å². The summed E-state index contributed by atoms with van der Waals surface area (Å²) in [4.78, 5) is 25.3. The lowest BCUT2D eigenvalue weighted by Crippen LogP contribution is -2.34. The van der Waals surface area contributed by atoms with Gasteiger partial charge >= 0.3 is 0 Å². The molecule has 182 valence electrons. The average molecular weight is 556 g/mol. The van der Waals surface area contributed by atoms with Gasteiger partial charge in [-0.3, -0.25) is 14.9 Å². The summed E-state index contributed by atoms with van der Waals surface area (Å²) in [6.07, 6.45) is 0. The molecule has 0 aliphatic carbocycles. The Morgan fingerprint density at radius 1 is 0.943 bits per heavy atom. The largest absolute Gasteiger partial charge is 0.490 e. The highest BCUT2D eigenvalue weighted by molar-refractivity contribution is 9.10. The number of ether oxygens (including phenoxy) is 2. The molecule has 2 amide bonds. The van der Waals surface area contributed by atoms with Crippen LogP contribution in [0.2, 0.25) is 0 Å². The summed E-state index contributed by atoms with van der Waals surface area (Å²) in [6, 6.07) is 21.5. The number of halogens is 1. The normalized spacial score (nSPS) is 11.3. The smallest absolute Gasteiger partial charge is 0.257 e. The van der Waals surface area contributed by atoms with Crippen LogP contribution in [0.3, 0.4) is 0 Å². The lowest BCUT2D eigenvalue weighted by atomic mass is 10.1. The van der Waals surface area contributed by atoms with Gasteiger partial charge in [0.1, 0.15) is 12.4 Å². The second-order valence-corrected chi connectivity index (χ2v) is 8.84. The van der Waals surface area contributed by atoms with Crippen LogP contribution in [-0.2, 0) is 4.74 Å². The summed E-state index contributed by atoms with van der Waals surface area (Å²) in [5, 5.41) is 8.69. The van der Waals surface area contributed by atoms with Crippen molar-refractivity contribution in [3.63, 3.8) is 0 Å². The number of carbonyl (C=O) groups excluding carboxylic acids is 2. The Morgan fingerprint density at radius 3 is 2.40 bits per heavy atom. The Kier molecular flexibility index (Phi) is 9.77. The molecule has 3 N–H and O–H groups in total. The first-order chi connectivity index (χ1) is 16.9. The van der Waals surface area contributed by atoms with Gasteiger partial charge in [0, 0.05) is 23.9 Å². The summed E-state index contributed by atoms with van der Waals surface area (Å²) >= 11 is 8.70. The van der Waals surface area contributed by atoms with Gasteiger partial charge in [-0.2, -0.15) is 0 Å². The van der Waals surface area contributed by atoms with Crippen molar-refractivity contribution in [3.05, 3.63) is 94.0 Å². The lowest BCUT2D eigenvalue weighted by Gasteiger charge is -2.15. The predicted molar refractivity (Wildman–Crippen MR) is 144 cm³/mol. The van der Waals surface area contributed by atoms with Crippen molar-refractivity contribution in [2.75, 3.05) is 25.6 Å². The minimum atomic E-state index is -0.378. The van der Waals surface area contributed by atoms with Crippen LogP contribution in [0.5, 0.6) is 5.75 Å². The zero-order valence-electron chi connectivity index (χ0n) is 19.3. The van der Waals surface area contributed by atoms with Gasteiger partial charge in [0.05, 0.1) is 17.1 Å². The second-order valence-electron chi connectivity index (χ2n) is 7.58. The first-order valence-corrected chi connectivity index (χ1v) is 12.1. The number of benzene rings is 3. The maximum Gasteiger partial charge on any atom is 0.257 e. The maximum absolute atomic E-state index is 12.7. The molecule has 9 heteroatoms. The van der Waals surface area contributed by atoms with Crippen LogP contribution in [0.4, 0.5) is 5.69 Å². The number of thiocarbonyl (C=S) groups is 1. The minimum absolute atomic E-state index is 0.113. The van der Waals surface area contributed by atoms with E-state index in [4.69, 9.17) is 21.7 Å². The summed E-state index contributed by atoms with van der Waals surface area (Å²) in [7, 11) is 1.60. The van der Waals surface area contributed by atoms with E-state index >= 15 is 0 Å². The third kappa shape index (κ3) is 7.88. The van der Waals surface area contributed by atoms with E-state index in [2.05, 4.69) is 31.9 Å². The van der Waals surface area contributed by atoms with Crippen LogP contribution in [0.25, 0.3) is 0 Å². The van der Waals surface area contributed by atoms with Crippen LogP contribution in [0.15, 0.2) is 77.3 Å². The van der Waals surface area contributed by atoms with E-state index in [1.807, 2.05) is 37.3 Å². The third-order valence-corrected chi connectivity index (χ3v) is 5.82. The van der Waals surface area contributed by atoms with Crippen molar-refractivity contribution in [3.8, 4) is 5.75 Å². The summed E-state index contributed by atoms with van der Waals surface area (Å²) in [6.45, 7) is 2.79. The molecule has 0 saturated heterocycles. The fourth-order valence-electron chi connectivity index (χ4n) is 3.17. The second kappa shape index (κ2) is 13.0. The Morgan fingerprint density at radius 2 is 1.69 bits per heavy atom. The monoisotopic (exact) mass is 555 g/mol.